The molecule has 140 valence electrons. The number of carbonyl (C=O) groups is 2. The van der Waals surface area contributed by atoms with E-state index in [1.54, 1.807) is 0 Å². The van der Waals surface area contributed by atoms with Crippen molar-refractivity contribution >= 4 is 11.9 Å². The van der Waals surface area contributed by atoms with Crippen LogP contribution in [0.25, 0.3) is 0 Å². The van der Waals surface area contributed by atoms with Gasteiger partial charge in [0.05, 0.1) is 31.2 Å². The van der Waals surface area contributed by atoms with E-state index in [1.807, 2.05) is 11.0 Å². The Balaban J connectivity index is 1.36. The van der Waals surface area contributed by atoms with Gasteiger partial charge in [0.25, 0.3) is 0 Å². The molecular weight excluding hydrogens is 332 g/mol. The molecule has 3 fully saturated rings. The molecule has 6 heteroatoms. The van der Waals surface area contributed by atoms with E-state index in [2.05, 4.69) is 29.2 Å². The van der Waals surface area contributed by atoms with E-state index in [4.69, 9.17) is 9.47 Å². The Morgan fingerprint density at radius 2 is 1.69 bits per heavy atom. The molecule has 4 atom stereocenters. The molecule has 3 heterocycles. The van der Waals surface area contributed by atoms with E-state index in [9.17, 15) is 9.59 Å². The van der Waals surface area contributed by atoms with Gasteiger partial charge in [0.15, 0.2) is 0 Å². The normalized spacial score (nSPS) is 31.2. The van der Waals surface area contributed by atoms with E-state index < -0.39 is 5.92 Å². The number of nitrogens with zero attached hydrogens (tertiary/aromatic N) is 2. The minimum Gasteiger partial charge on any atom is -0.469 e. The van der Waals surface area contributed by atoms with Crippen molar-refractivity contribution in [3.8, 4) is 0 Å². The Morgan fingerprint density at radius 3 is 2.35 bits per heavy atom. The van der Waals surface area contributed by atoms with Crippen LogP contribution in [0.2, 0.25) is 0 Å². The van der Waals surface area contributed by atoms with Gasteiger partial charge in [-0.3, -0.25) is 14.5 Å². The molecular formula is C20H26N2O4. The molecule has 1 aromatic rings. The fraction of sp³-hybridized carbons (Fsp3) is 0.600. The largest absolute Gasteiger partial charge is 0.469 e. The van der Waals surface area contributed by atoms with E-state index in [0.717, 1.165) is 32.5 Å². The maximum atomic E-state index is 13.1. The second-order valence-electron chi connectivity index (χ2n) is 7.45. The van der Waals surface area contributed by atoms with Gasteiger partial charge in [-0.2, -0.15) is 0 Å². The van der Waals surface area contributed by atoms with Gasteiger partial charge in [-0.25, -0.2) is 0 Å². The zero-order valence-electron chi connectivity index (χ0n) is 15.2. The lowest BCUT2D eigenvalue weighted by atomic mass is 9.78. The first-order valence-electron chi connectivity index (χ1n) is 9.45. The summed E-state index contributed by atoms with van der Waals surface area (Å²) in [6.45, 7) is 4.02. The van der Waals surface area contributed by atoms with Crippen LogP contribution in [0.5, 0.6) is 0 Å². The Morgan fingerprint density at radius 1 is 1.04 bits per heavy atom. The molecule has 0 saturated carbocycles. The summed E-state index contributed by atoms with van der Waals surface area (Å²) in [5.41, 5.74) is 1.29. The van der Waals surface area contributed by atoms with Crippen molar-refractivity contribution in [2.45, 2.75) is 31.6 Å². The van der Waals surface area contributed by atoms with Crippen LogP contribution in [-0.4, -0.2) is 67.2 Å². The Bertz CT molecular complexity index is 657. The first-order valence-corrected chi connectivity index (χ1v) is 9.45. The fourth-order valence-corrected chi connectivity index (χ4v) is 4.61. The lowest BCUT2D eigenvalue weighted by Crippen LogP contribution is -2.53. The molecule has 0 N–H and O–H groups in total. The SMILES string of the molecule is COC(=O)C1C2CCC(O2)C1C(=O)N1CCN(Cc2ccccc2)CC1. The molecule has 3 aliphatic rings. The number of amides is 1. The number of piperazine rings is 1. The second kappa shape index (κ2) is 7.37. The first-order chi connectivity index (χ1) is 12.7. The van der Waals surface area contributed by atoms with Crippen molar-refractivity contribution in [3.63, 3.8) is 0 Å². The third kappa shape index (κ3) is 3.23. The predicted octanol–water partition coefficient (Wildman–Crippen LogP) is 1.30. The Labute approximate surface area is 154 Å². The lowest BCUT2D eigenvalue weighted by molar-refractivity contribution is -0.154. The van der Waals surface area contributed by atoms with Crippen LogP contribution < -0.4 is 0 Å². The van der Waals surface area contributed by atoms with Crippen molar-refractivity contribution in [1.82, 2.24) is 9.80 Å². The first kappa shape index (κ1) is 17.5. The summed E-state index contributed by atoms with van der Waals surface area (Å²) in [4.78, 5) is 29.6. The topological polar surface area (TPSA) is 59.1 Å². The summed E-state index contributed by atoms with van der Waals surface area (Å²) in [6.07, 6.45) is 1.43. The Hall–Kier alpha value is -1.92. The zero-order valence-corrected chi connectivity index (χ0v) is 15.2. The summed E-state index contributed by atoms with van der Waals surface area (Å²) in [5.74, 6) is -1.05. The van der Waals surface area contributed by atoms with Crippen molar-refractivity contribution in [1.29, 1.82) is 0 Å². The van der Waals surface area contributed by atoms with Gasteiger partial charge in [0.1, 0.15) is 0 Å². The van der Waals surface area contributed by atoms with Crippen molar-refractivity contribution in [2.75, 3.05) is 33.3 Å². The summed E-state index contributed by atoms with van der Waals surface area (Å²) in [6, 6.07) is 10.4. The molecule has 6 nitrogen and oxygen atoms in total. The van der Waals surface area contributed by atoms with E-state index in [1.165, 1.54) is 12.7 Å². The van der Waals surface area contributed by atoms with Gasteiger partial charge < -0.3 is 14.4 Å². The number of esters is 1. The minimum atomic E-state index is -0.436. The van der Waals surface area contributed by atoms with Crippen molar-refractivity contribution in [2.24, 2.45) is 11.8 Å². The molecule has 0 aromatic heterocycles. The number of fused-ring (bicyclic) bond motifs is 2. The zero-order chi connectivity index (χ0) is 18.1. The molecule has 3 saturated heterocycles. The maximum Gasteiger partial charge on any atom is 0.312 e. The number of methoxy groups -OCH3 is 1. The number of hydrogen-bond acceptors (Lipinski definition) is 5. The van der Waals surface area contributed by atoms with E-state index >= 15 is 0 Å². The highest BCUT2D eigenvalue weighted by Gasteiger charge is 2.56. The molecule has 0 radical (unpaired) electrons. The molecule has 1 amide bonds. The van der Waals surface area contributed by atoms with E-state index in [-0.39, 0.29) is 30.0 Å². The van der Waals surface area contributed by atoms with Crippen LogP contribution in [0.15, 0.2) is 30.3 Å². The smallest absolute Gasteiger partial charge is 0.312 e. The Kier molecular flexibility index (Phi) is 4.96. The second-order valence-corrected chi connectivity index (χ2v) is 7.45. The maximum absolute atomic E-state index is 13.1. The molecule has 2 bridgehead atoms. The molecule has 0 aliphatic carbocycles. The molecule has 0 spiro atoms. The van der Waals surface area contributed by atoms with Crippen LogP contribution in [0, 0.1) is 11.8 Å². The van der Waals surface area contributed by atoms with Crippen molar-refractivity contribution < 1.29 is 19.1 Å². The van der Waals surface area contributed by atoms with Gasteiger partial charge in [-0.15, -0.1) is 0 Å². The van der Waals surface area contributed by atoms with Gasteiger partial charge in [-0.05, 0) is 18.4 Å². The third-order valence-electron chi connectivity index (χ3n) is 5.96. The average Bonchev–Trinajstić information content (AvgIpc) is 3.30. The molecule has 26 heavy (non-hydrogen) atoms. The molecule has 1 aromatic carbocycles. The lowest BCUT2D eigenvalue weighted by Gasteiger charge is -2.37. The number of benzene rings is 1. The number of rotatable bonds is 4. The summed E-state index contributed by atoms with van der Waals surface area (Å²) in [5, 5.41) is 0. The monoisotopic (exact) mass is 358 g/mol. The standard InChI is InChI=1S/C20H26N2O4/c1-25-20(24)18-16-8-7-15(26-16)17(18)19(23)22-11-9-21(10-12-22)13-14-5-3-2-4-6-14/h2-6,15-18H,7-13H2,1H3. The highest BCUT2D eigenvalue weighted by Crippen LogP contribution is 2.44. The van der Waals surface area contributed by atoms with Gasteiger partial charge >= 0.3 is 5.97 Å². The number of ether oxygens (including phenoxy) is 2. The number of hydrogen-bond donors (Lipinski definition) is 0. The van der Waals surface area contributed by atoms with Gasteiger partial charge in [0, 0.05) is 32.7 Å². The van der Waals surface area contributed by atoms with Gasteiger partial charge in [-0.1, -0.05) is 30.3 Å². The quantitative estimate of drug-likeness (QED) is 0.760. The van der Waals surface area contributed by atoms with Crippen LogP contribution >= 0.6 is 0 Å². The molecule has 4 rings (SSSR count). The summed E-state index contributed by atoms with van der Waals surface area (Å²) >= 11 is 0. The van der Waals surface area contributed by atoms with Crippen molar-refractivity contribution in [3.05, 3.63) is 35.9 Å². The minimum absolute atomic E-state index is 0.0620. The molecule has 4 unspecified atom stereocenters. The van der Waals surface area contributed by atoms with Crippen LogP contribution in [-0.2, 0) is 25.6 Å². The summed E-state index contributed by atoms with van der Waals surface area (Å²) < 4.78 is 10.8. The van der Waals surface area contributed by atoms with Crippen LogP contribution in [0.4, 0.5) is 0 Å². The fourth-order valence-electron chi connectivity index (χ4n) is 4.61. The third-order valence-corrected chi connectivity index (χ3v) is 5.96. The van der Waals surface area contributed by atoms with E-state index in [0.29, 0.717) is 13.1 Å². The van der Waals surface area contributed by atoms with Gasteiger partial charge in [0.2, 0.25) is 5.91 Å². The number of carbonyl (C=O) groups excluding carboxylic acids is 2. The predicted molar refractivity (Wildman–Crippen MR) is 95.2 cm³/mol. The highest BCUT2D eigenvalue weighted by molar-refractivity contribution is 5.87. The molecule has 3 aliphatic heterocycles. The average molecular weight is 358 g/mol. The highest BCUT2D eigenvalue weighted by atomic mass is 16.5. The van der Waals surface area contributed by atoms with Crippen LogP contribution in [0.1, 0.15) is 18.4 Å². The van der Waals surface area contributed by atoms with Crippen LogP contribution in [0.3, 0.4) is 0 Å². The summed E-state index contributed by atoms with van der Waals surface area (Å²) in [7, 11) is 1.39.